The Hall–Kier alpha value is -0.860. The molecule has 0 spiro atoms. The standard InChI is InChI=1S/C15H24O3/c1-18-15(17)13(11-7-3-2-4-8-11)14(16)12-9-5-6-10-12/h11-13H,2-10H2,1H3. The number of carbonyl (C=O) groups is 2. The van der Waals surface area contributed by atoms with E-state index < -0.39 is 5.92 Å². The predicted molar refractivity (Wildman–Crippen MR) is 69.0 cm³/mol. The highest BCUT2D eigenvalue weighted by Crippen LogP contribution is 2.36. The molecule has 0 N–H and O–H groups in total. The van der Waals surface area contributed by atoms with Crippen LogP contribution in [0.1, 0.15) is 57.8 Å². The molecule has 2 saturated carbocycles. The van der Waals surface area contributed by atoms with Crippen LogP contribution >= 0.6 is 0 Å². The van der Waals surface area contributed by atoms with Crippen LogP contribution in [0.15, 0.2) is 0 Å². The van der Waals surface area contributed by atoms with Gasteiger partial charge in [-0.05, 0) is 31.6 Å². The third-order valence-electron chi connectivity index (χ3n) is 4.64. The molecule has 1 unspecified atom stereocenters. The monoisotopic (exact) mass is 252 g/mol. The SMILES string of the molecule is COC(=O)C(C(=O)C1CCCC1)C1CCCCC1. The van der Waals surface area contributed by atoms with Crippen molar-refractivity contribution >= 4 is 11.8 Å². The number of ketones is 1. The lowest BCUT2D eigenvalue weighted by atomic mass is 9.75. The zero-order valence-corrected chi connectivity index (χ0v) is 11.3. The number of hydrogen-bond donors (Lipinski definition) is 0. The Morgan fingerprint density at radius 1 is 0.944 bits per heavy atom. The maximum atomic E-state index is 12.5. The van der Waals surface area contributed by atoms with E-state index in [1.165, 1.54) is 13.5 Å². The minimum absolute atomic E-state index is 0.121. The third kappa shape index (κ3) is 2.93. The van der Waals surface area contributed by atoms with Gasteiger partial charge in [-0.3, -0.25) is 9.59 Å². The second-order valence-electron chi connectivity index (χ2n) is 5.78. The van der Waals surface area contributed by atoms with Crippen molar-refractivity contribution in [1.29, 1.82) is 0 Å². The highest BCUT2D eigenvalue weighted by Gasteiger charge is 2.39. The molecule has 0 aromatic heterocycles. The summed E-state index contributed by atoms with van der Waals surface area (Å²) in [6, 6.07) is 0. The number of Topliss-reactive ketones (excluding diaryl/α,β-unsaturated/α-hetero) is 1. The molecule has 0 saturated heterocycles. The molecule has 102 valence electrons. The molecule has 0 radical (unpaired) electrons. The van der Waals surface area contributed by atoms with Gasteiger partial charge in [0, 0.05) is 5.92 Å². The van der Waals surface area contributed by atoms with Crippen molar-refractivity contribution in [3.05, 3.63) is 0 Å². The Morgan fingerprint density at radius 3 is 2.06 bits per heavy atom. The highest BCUT2D eigenvalue weighted by molar-refractivity contribution is 6.00. The highest BCUT2D eigenvalue weighted by atomic mass is 16.5. The first-order valence-corrected chi connectivity index (χ1v) is 7.35. The number of methoxy groups -OCH3 is 1. The number of rotatable bonds is 4. The van der Waals surface area contributed by atoms with E-state index in [9.17, 15) is 9.59 Å². The van der Waals surface area contributed by atoms with Crippen molar-refractivity contribution in [2.24, 2.45) is 17.8 Å². The van der Waals surface area contributed by atoms with Gasteiger partial charge in [-0.1, -0.05) is 32.1 Å². The van der Waals surface area contributed by atoms with Gasteiger partial charge in [-0.25, -0.2) is 0 Å². The van der Waals surface area contributed by atoms with Gasteiger partial charge in [-0.2, -0.15) is 0 Å². The normalized spacial score (nSPS) is 23.8. The number of ether oxygens (including phenoxy) is 1. The summed E-state index contributed by atoms with van der Waals surface area (Å²) in [7, 11) is 1.40. The van der Waals surface area contributed by atoms with Crippen molar-refractivity contribution in [3.8, 4) is 0 Å². The molecule has 2 aliphatic rings. The summed E-state index contributed by atoms with van der Waals surface area (Å²) >= 11 is 0. The molecule has 0 aromatic carbocycles. The quantitative estimate of drug-likeness (QED) is 0.570. The molecule has 3 nitrogen and oxygen atoms in total. The van der Waals surface area contributed by atoms with Crippen LogP contribution in [0.3, 0.4) is 0 Å². The fraction of sp³-hybridized carbons (Fsp3) is 0.867. The van der Waals surface area contributed by atoms with Gasteiger partial charge < -0.3 is 4.74 Å². The Morgan fingerprint density at radius 2 is 1.50 bits per heavy atom. The molecule has 0 aliphatic heterocycles. The van der Waals surface area contributed by atoms with Gasteiger partial charge in [-0.15, -0.1) is 0 Å². The first kappa shape index (κ1) is 13.6. The van der Waals surface area contributed by atoms with Gasteiger partial charge in [0.25, 0.3) is 0 Å². The van der Waals surface area contributed by atoms with E-state index in [4.69, 9.17) is 4.74 Å². The summed E-state index contributed by atoms with van der Waals surface area (Å²) in [6.07, 6.45) is 9.77. The van der Waals surface area contributed by atoms with Crippen LogP contribution in [0, 0.1) is 17.8 Å². The summed E-state index contributed by atoms with van der Waals surface area (Å²) in [5.74, 6) is -0.237. The van der Waals surface area contributed by atoms with Gasteiger partial charge in [0.15, 0.2) is 0 Å². The molecule has 0 amide bonds. The van der Waals surface area contributed by atoms with Crippen molar-refractivity contribution < 1.29 is 14.3 Å². The minimum Gasteiger partial charge on any atom is -0.468 e. The number of carbonyl (C=O) groups excluding carboxylic acids is 2. The Balaban J connectivity index is 2.07. The van der Waals surface area contributed by atoms with E-state index in [1.54, 1.807) is 0 Å². The summed E-state index contributed by atoms with van der Waals surface area (Å²) in [4.78, 5) is 24.5. The molecule has 2 fully saturated rings. The Kier molecular flexibility index (Phi) is 4.79. The molecule has 3 heteroatoms. The fourth-order valence-electron chi connectivity index (χ4n) is 3.60. The van der Waals surface area contributed by atoms with Crippen LogP contribution < -0.4 is 0 Å². The summed E-state index contributed by atoms with van der Waals surface area (Å²) < 4.78 is 4.89. The van der Waals surface area contributed by atoms with Crippen LogP contribution in [0.25, 0.3) is 0 Å². The molecule has 2 rings (SSSR count). The van der Waals surface area contributed by atoms with Crippen molar-refractivity contribution in [2.75, 3.05) is 7.11 Å². The van der Waals surface area contributed by atoms with E-state index >= 15 is 0 Å². The molecule has 0 heterocycles. The van der Waals surface area contributed by atoms with Crippen molar-refractivity contribution in [3.63, 3.8) is 0 Å². The topological polar surface area (TPSA) is 43.4 Å². The van der Waals surface area contributed by atoms with Crippen LogP contribution in [0.4, 0.5) is 0 Å². The molecule has 18 heavy (non-hydrogen) atoms. The number of esters is 1. The van der Waals surface area contributed by atoms with Crippen LogP contribution in [0.2, 0.25) is 0 Å². The zero-order chi connectivity index (χ0) is 13.0. The lowest BCUT2D eigenvalue weighted by Gasteiger charge is -2.29. The van der Waals surface area contributed by atoms with Gasteiger partial charge in [0.2, 0.25) is 0 Å². The van der Waals surface area contributed by atoms with E-state index in [2.05, 4.69) is 0 Å². The largest absolute Gasteiger partial charge is 0.468 e. The van der Waals surface area contributed by atoms with Gasteiger partial charge in [0.05, 0.1) is 7.11 Å². The number of hydrogen-bond acceptors (Lipinski definition) is 3. The average Bonchev–Trinajstić information content (AvgIpc) is 2.94. The maximum Gasteiger partial charge on any atom is 0.316 e. The second kappa shape index (κ2) is 6.35. The van der Waals surface area contributed by atoms with E-state index in [0.717, 1.165) is 51.4 Å². The van der Waals surface area contributed by atoms with E-state index in [0.29, 0.717) is 0 Å². The molecule has 0 bridgehead atoms. The average molecular weight is 252 g/mol. The second-order valence-corrected chi connectivity index (χ2v) is 5.78. The fourth-order valence-corrected chi connectivity index (χ4v) is 3.60. The minimum atomic E-state index is -0.474. The lowest BCUT2D eigenvalue weighted by Crippen LogP contribution is -2.36. The third-order valence-corrected chi connectivity index (χ3v) is 4.64. The maximum absolute atomic E-state index is 12.5. The van der Waals surface area contributed by atoms with Crippen LogP contribution in [0.5, 0.6) is 0 Å². The zero-order valence-electron chi connectivity index (χ0n) is 11.3. The first-order valence-electron chi connectivity index (χ1n) is 7.35. The first-order chi connectivity index (χ1) is 8.74. The molecular weight excluding hydrogens is 228 g/mol. The van der Waals surface area contributed by atoms with E-state index in [-0.39, 0.29) is 23.6 Å². The Bertz CT molecular complexity index is 299. The lowest BCUT2D eigenvalue weighted by molar-refractivity contribution is -0.153. The molecule has 1 atom stereocenters. The summed E-state index contributed by atoms with van der Waals surface area (Å²) in [6.45, 7) is 0. The molecular formula is C15H24O3. The van der Waals surface area contributed by atoms with Crippen LogP contribution in [-0.2, 0) is 14.3 Å². The van der Waals surface area contributed by atoms with Gasteiger partial charge in [0.1, 0.15) is 11.7 Å². The van der Waals surface area contributed by atoms with E-state index in [1.807, 2.05) is 0 Å². The summed E-state index contributed by atoms with van der Waals surface area (Å²) in [5.41, 5.74) is 0. The Labute approximate surface area is 109 Å². The molecule has 0 aromatic rings. The predicted octanol–water partition coefficient (Wildman–Crippen LogP) is 3.12. The van der Waals surface area contributed by atoms with Gasteiger partial charge >= 0.3 is 5.97 Å². The van der Waals surface area contributed by atoms with Crippen LogP contribution in [-0.4, -0.2) is 18.9 Å². The van der Waals surface area contributed by atoms with Crippen molar-refractivity contribution in [2.45, 2.75) is 57.8 Å². The summed E-state index contributed by atoms with van der Waals surface area (Å²) in [5, 5.41) is 0. The molecule has 2 aliphatic carbocycles. The smallest absolute Gasteiger partial charge is 0.316 e. The van der Waals surface area contributed by atoms with Crippen molar-refractivity contribution in [1.82, 2.24) is 0 Å².